The molecule has 1 aliphatic heterocycles. The number of unbranched alkanes of at least 4 members (excludes halogenated alkanes) is 1. The minimum atomic E-state index is -1.07. The van der Waals surface area contributed by atoms with Crippen LogP contribution in [0.2, 0.25) is 0 Å². The average Bonchev–Trinajstić information content (AvgIpc) is 1.37. The van der Waals surface area contributed by atoms with Gasteiger partial charge in [-0.15, -0.1) is 23.1 Å². The molecule has 11 atom stereocenters. The number of carbonyl (C=O) groups is 8. The lowest BCUT2D eigenvalue weighted by Gasteiger charge is -2.61. The molecule has 0 radical (unpaired) electrons. The summed E-state index contributed by atoms with van der Waals surface area (Å²) in [4.78, 5) is 115. The Morgan fingerprint density at radius 2 is 1.53 bits per heavy atom. The second-order valence-electron chi connectivity index (χ2n) is 27.0. The number of aliphatic hydroxyl groups is 1. The van der Waals surface area contributed by atoms with Crippen LogP contribution in [0.5, 0.6) is 5.75 Å². The lowest BCUT2D eigenvalue weighted by Crippen LogP contribution is -2.54. The molecule has 484 valence electrons. The molecule has 6 aliphatic rings. The zero-order chi connectivity index (χ0) is 63.8. The summed E-state index contributed by atoms with van der Waals surface area (Å²) in [6.45, 7) is 16.8. The van der Waals surface area contributed by atoms with Crippen LogP contribution in [0.15, 0.2) is 45.5 Å². The molecule has 2 aromatic rings. The maximum atomic E-state index is 13.9. The van der Waals surface area contributed by atoms with E-state index >= 15 is 0 Å². The topological polar surface area (TPSA) is 281 Å². The normalized spacial score (nSPS) is 26.8. The number of aliphatic hydroxyl groups excluding tert-OH is 1. The smallest absolute Gasteiger partial charge is 0.415 e. The van der Waals surface area contributed by atoms with Crippen molar-refractivity contribution in [3.8, 4) is 5.75 Å². The second kappa shape index (κ2) is 29.6. The number of nitrogens with zero attached hydrogens (tertiary/aromatic N) is 4. The van der Waals surface area contributed by atoms with Gasteiger partial charge in [0.1, 0.15) is 21.8 Å². The fourth-order valence-corrected chi connectivity index (χ4v) is 17.9. The Morgan fingerprint density at radius 1 is 0.818 bits per heavy atom. The van der Waals surface area contributed by atoms with E-state index in [0.717, 1.165) is 37.5 Å². The lowest BCUT2D eigenvalue weighted by atomic mass is 9.44. The summed E-state index contributed by atoms with van der Waals surface area (Å²) in [5, 5.41) is 36.6. The number of aliphatic imine (C=N–C) groups is 1. The van der Waals surface area contributed by atoms with Gasteiger partial charge in [-0.2, -0.15) is 0 Å². The summed E-state index contributed by atoms with van der Waals surface area (Å²) < 4.78 is 18.0. The van der Waals surface area contributed by atoms with Crippen LogP contribution in [-0.4, -0.2) is 166 Å². The highest BCUT2D eigenvalue weighted by Crippen LogP contribution is 2.68. The molecule has 4 saturated carbocycles. The maximum Gasteiger partial charge on any atom is 0.415 e. The van der Waals surface area contributed by atoms with E-state index in [1.54, 1.807) is 59.9 Å². The number of carbonyl (C=O) groups excluding carboxylic acids is 6. The van der Waals surface area contributed by atoms with E-state index < -0.39 is 35.5 Å². The molecular formula is C66H94N6O14S2. The number of carboxylic acids is 2. The molecule has 88 heavy (non-hydrogen) atoms. The molecule has 1 aromatic carbocycles. The van der Waals surface area contributed by atoms with Crippen LogP contribution >= 0.6 is 23.1 Å². The van der Waals surface area contributed by atoms with Crippen LogP contribution in [0.3, 0.4) is 0 Å². The van der Waals surface area contributed by atoms with Crippen molar-refractivity contribution in [1.82, 2.24) is 25.4 Å². The molecule has 4 unspecified atom stereocenters. The number of allylic oxidation sites excluding steroid dienone is 4. The molecule has 4 amide bonds. The summed E-state index contributed by atoms with van der Waals surface area (Å²) in [7, 11) is 1.60. The quantitative estimate of drug-likeness (QED) is 0.0374. The molecule has 20 nitrogen and oxygen atoms in total. The molecule has 0 spiro atoms. The minimum Gasteiger partial charge on any atom is -0.480 e. The number of thiazole rings is 1. The number of benzene rings is 1. The SMILES string of the molecule is CC1=C(C)C(=O)C(C(C)(C)CC(=O)N(C)CCN(CCOCCOCCC(=O)NCCCCC(NC(=O)CC[C@@H](C)C2CCC3[C@@H]4CC[C@@H]5C[C@H](O)CC[C@]5(C)[C@H]4CC[C@]23C)C(=O)O)C(=O)Oc2ccc3nc(C4=NC(C(=O)O)CS4)sc3c2)=C(C)C1=O. The number of hydrogen-bond donors (Lipinski definition) is 5. The van der Waals surface area contributed by atoms with Crippen molar-refractivity contribution >= 4 is 85.7 Å². The first kappa shape index (κ1) is 68.4. The molecule has 0 saturated heterocycles. The Balaban J connectivity index is 0.727. The molecule has 5 N–H and O–H groups in total. The van der Waals surface area contributed by atoms with Gasteiger partial charge in [0, 0.05) is 92.0 Å². The number of likely N-dealkylation sites (N-methyl/N-ethyl adjacent to an activating group) is 1. The van der Waals surface area contributed by atoms with Crippen molar-refractivity contribution < 1.29 is 67.9 Å². The number of Topliss-reactive ketones (excluding diaryl/α,β-unsaturated/α-hetero) is 2. The van der Waals surface area contributed by atoms with Crippen LogP contribution in [0.4, 0.5) is 4.79 Å². The number of rotatable bonds is 29. The number of ether oxygens (including phenoxy) is 3. The van der Waals surface area contributed by atoms with Gasteiger partial charge < -0.3 is 50.0 Å². The van der Waals surface area contributed by atoms with Crippen molar-refractivity contribution in [3.05, 3.63) is 45.5 Å². The third-order valence-corrected chi connectivity index (χ3v) is 23.2. The largest absolute Gasteiger partial charge is 0.480 e. The van der Waals surface area contributed by atoms with Gasteiger partial charge in [-0.25, -0.2) is 19.4 Å². The Labute approximate surface area is 526 Å². The molecule has 2 heterocycles. The highest BCUT2D eigenvalue weighted by molar-refractivity contribution is 8.15. The fourth-order valence-electron chi connectivity index (χ4n) is 15.8. The van der Waals surface area contributed by atoms with E-state index in [-0.39, 0.29) is 112 Å². The number of thioether (sulfide) groups is 1. The number of aromatic nitrogens is 1. The Bertz CT molecular complexity index is 3050. The van der Waals surface area contributed by atoms with Crippen molar-refractivity contribution in [2.75, 3.05) is 65.4 Å². The highest BCUT2D eigenvalue weighted by atomic mass is 32.2. The van der Waals surface area contributed by atoms with E-state index in [2.05, 4.69) is 41.4 Å². The third kappa shape index (κ3) is 15.9. The zero-order valence-electron chi connectivity index (χ0n) is 53.0. The molecule has 1 aromatic heterocycles. The van der Waals surface area contributed by atoms with Crippen LogP contribution in [0.25, 0.3) is 10.2 Å². The Kier molecular flexibility index (Phi) is 23.0. The van der Waals surface area contributed by atoms with Crippen LogP contribution in [0.1, 0.15) is 163 Å². The molecular weight excluding hydrogens is 1160 g/mol. The van der Waals surface area contributed by atoms with E-state index in [0.29, 0.717) is 103 Å². The van der Waals surface area contributed by atoms with Crippen molar-refractivity contribution in [2.24, 2.45) is 56.7 Å². The number of fused-ring (bicyclic) bond motifs is 6. The second-order valence-corrected chi connectivity index (χ2v) is 29.0. The summed E-state index contributed by atoms with van der Waals surface area (Å²) >= 11 is 2.62. The molecule has 8 rings (SSSR count). The van der Waals surface area contributed by atoms with Gasteiger partial charge in [0.2, 0.25) is 17.7 Å². The molecule has 0 bridgehead atoms. The van der Waals surface area contributed by atoms with Crippen molar-refractivity contribution in [1.29, 1.82) is 0 Å². The minimum absolute atomic E-state index is 0.0534. The van der Waals surface area contributed by atoms with Gasteiger partial charge in [0.15, 0.2) is 17.6 Å². The average molecular weight is 1260 g/mol. The van der Waals surface area contributed by atoms with Crippen LogP contribution < -0.4 is 15.4 Å². The van der Waals surface area contributed by atoms with E-state index in [1.165, 1.54) is 71.4 Å². The van der Waals surface area contributed by atoms with Crippen LogP contribution in [0, 0.1) is 51.8 Å². The molecule has 5 aliphatic carbocycles. The Morgan fingerprint density at radius 3 is 2.26 bits per heavy atom. The number of aliphatic carboxylic acids is 2. The highest BCUT2D eigenvalue weighted by Gasteiger charge is 2.60. The number of amides is 4. The first-order valence-corrected chi connectivity index (χ1v) is 33.7. The molecule has 22 heteroatoms. The summed E-state index contributed by atoms with van der Waals surface area (Å²) in [6.07, 6.45) is 12.0. The fraction of sp³-hybridized carbons (Fsp3) is 0.697. The first-order valence-electron chi connectivity index (χ1n) is 31.9. The van der Waals surface area contributed by atoms with E-state index in [1.807, 2.05) is 0 Å². The van der Waals surface area contributed by atoms with Gasteiger partial charge in [-0.1, -0.05) is 34.6 Å². The van der Waals surface area contributed by atoms with Crippen molar-refractivity contribution in [2.45, 2.75) is 176 Å². The standard InChI is InChI=1S/C66H94N6O14S2/c1-38(46-17-18-47-45-16-14-42-34-43(73)21-24-65(42,7)48(45)22-25-66(46,47)8)13-20-54(75)68-50(61(79)80)12-10-11-26-67-53(74)23-30-84-32-33-85-31-29-72(28-27-71(9)55(76)36-64(5,6)56-41(4)57(77)39(2)40(3)58(56)78)63(83)86-44-15-19-49-52(35-44)88-60(69-49)59-70-51(37-87-59)62(81)82/h15,19,35,38,42-43,45-48,50-51,73H,10-14,16-18,20-34,36-37H2,1-9H3,(H,67,74)(H,68,75)(H,79,80)(H,81,82)/t38-,42-,43-,45+,46?,47?,48+,50?,51?,65+,66-/m1/s1. The van der Waals surface area contributed by atoms with Crippen LogP contribution in [-0.2, 0) is 43.0 Å². The van der Waals surface area contributed by atoms with Gasteiger partial charge in [0.25, 0.3) is 0 Å². The summed E-state index contributed by atoms with van der Waals surface area (Å²) in [5.41, 5.74) is 1.67. The van der Waals surface area contributed by atoms with E-state index in [9.17, 15) is 53.7 Å². The van der Waals surface area contributed by atoms with Gasteiger partial charge in [0.05, 0.1) is 42.7 Å². The third-order valence-electron chi connectivity index (χ3n) is 21.0. The number of nitrogens with one attached hydrogen (secondary N) is 2. The van der Waals surface area contributed by atoms with Gasteiger partial charge >= 0.3 is 18.0 Å². The van der Waals surface area contributed by atoms with Crippen molar-refractivity contribution in [3.63, 3.8) is 0 Å². The predicted molar refractivity (Wildman–Crippen MR) is 337 cm³/mol. The zero-order valence-corrected chi connectivity index (χ0v) is 54.7. The number of ketones is 2. The predicted octanol–water partition coefficient (Wildman–Crippen LogP) is 9.44. The number of carboxylic acid groups (broad SMARTS) is 2. The Hall–Kier alpha value is -5.55. The monoisotopic (exact) mass is 1260 g/mol. The first-order chi connectivity index (χ1) is 41.7. The summed E-state index contributed by atoms with van der Waals surface area (Å²) in [5.74, 6) is 0.989. The molecule has 4 fully saturated rings. The lowest BCUT2D eigenvalue weighted by molar-refractivity contribution is -0.142. The maximum absolute atomic E-state index is 13.9. The van der Waals surface area contributed by atoms with Gasteiger partial charge in [-0.3, -0.25) is 29.0 Å². The van der Waals surface area contributed by atoms with Gasteiger partial charge in [-0.05, 0) is 163 Å². The summed E-state index contributed by atoms with van der Waals surface area (Å²) in [6, 6.07) is 3.13. The van der Waals surface area contributed by atoms with E-state index in [4.69, 9.17) is 14.2 Å². The number of hydrogen-bond acceptors (Lipinski definition) is 16.